The number of thiophene rings is 1. The van der Waals surface area contributed by atoms with Crippen molar-refractivity contribution in [2.75, 3.05) is 13.2 Å². The number of aliphatic hydroxyl groups excluding tert-OH is 1. The highest BCUT2D eigenvalue weighted by Gasteiger charge is 2.27. The zero-order valence-electron chi connectivity index (χ0n) is 7.78. The Morgan fingerprint density at radius 3 is 3.14 bits per heavy atom. The van der Waals surface area contributed by atoms with Gasteiger partial charge in [0.1, 0.15) is 0 Å². The molecule has 1 aromatic heterocycles. The molecule has 2 rings (SSSR count). The fraction of sp³-hybridized carbons (Fsp3) is 0.600. The number of halogens is 1. The summed E-state index contributed by atoms with van der Waals surface area (Å²) < 4.78 is 6.83. The van der Waals surface area contributed by atoms with Gasteiger partial charge >= 0.3 is 0 Å². The second-order valence-electron chi connectivity index (χ2n) is 3.56. The van der Waals surface area contributed by atoms with Crippen molar-refractivity contribution in [3.05, 3.63) is 20.8 Å². The van der Waals surface area contributed by atoms with Crippen LogP contribution in [0.4, 0.5) is 0 Å². The number of hydrogen-bond acceptors (Lipinski definition) is 3. The molecule has 2 unspecified atom stereocenters. The summed E-state index contributed by atoms with van der Waals surface area (Å²) in [5.74, 6) is 0.269. The van der Waals surface area contributed by atoms with Crippen LogP contribution in [0.3, 0.4) is 0 Å². The molecule has 1 saturated heterocycles. The molecule has 14 heavy (non-hydrogen) atoms. The van der Waals surface area contributed by atoms with Gasteiger partial charge in [-0.05, 0) is 45.8 Å². The minimum atomic E-state index is 0.0938. The standard InChI is InChI=1S/C10H13BrO2S/c11-9-4-8(6-14-9)10-7(5-12)2-1-3-13-10/h4,6-7,10,12H,1-3,5H2. The van der Waals surface area contributed by atoms with Crippen molar-refractivity contribution in [3.8, 4) is 0 Å². The van der Waals surface area contributed by atoms with Crippen LogP contribution in [-0.4, -0.2) is 18.3 Å². The molecule has 4 heteroatoms. The van der Waals surface area contributed by atoms with E-state index in [1.165, 1.54) is 5.56 Å². The fourth-order valence-electron chi connectivity index (χ4n) is 1.87. The molecule has 1 aliphatic rings. The van der Waals surface area contributed by atoms with Gasteiger partial charge in [-0.25, -0.2) is 0 Å². The summed E-state index contributed by atoms with van der Waals surface area (Å²) in [7, 11) is 0. The van der Waals surface area contributed by atoms with Crippen molar-refractivity contribution >= 4 is 27.3 Å². The van der Waals surface area contributed by atoms with Crippen molar-refractivity contribution in [1.29, 1.82) is 0 Å². The molecule has 0 spiro atoms. The predicted octanol–water partition coefficient (Wildman–Crippen LogP) is 2.97. The molecular weight excluding hydrogens is 264 g/mol. The first-order valence-corrected chi connectivity index (χ1v) is 6.45. The summed E-state index contributed by atoms with van der Waals surface area (Å²) >= 11 is 5.11. The molecule has 78 valence electrons. The van der Waals surface area contributed by atoms with E-state index < -0.39 is 0 Å². The van der Waals surface area contributed by atoms with Crippen molar-refractivity contribution in [3.63, 3.8) is 0 Å². The summed E-state index contributed by atoms with van der Waals surface area (Å²) in [6.45, 7) is 1.03. The van der Waals surface area contributed by atoms with Crippen molar-refractivity contribution in [2.45, 2.75) is 18.9 Å². The summed E-state index contributed by atoms with van der Waals surface area (Å²) in [5.41, 5.74) is 1.20. The quantitative estimate of drug-likeness (QED) is 0.900. The summed E-state index contributed by atoms with van der Waals surface area (Å²) in [5, 5.41) is 11.3. The third kappa shape index (κ3) is 2.19. The maximum absolute atomic E-state index is 9.24. The molecule has 1 aromatic rings. The molecule has 0 aromatic carbocycles. The zero-order valence-corrected chi connectivity index (χ0v) is 10.2. The van der Waals surface area contributed by atoms with Gasteiger partial charge in [-0.3, -0.25) is 0 Å². The van der Waals surface area contributed by atoms with Gasteiger partial charge in [0.2, 0.25) is 0 Å². The normalized spacial score (nSPS) is 27.9. The van der Waals surface area contributed by atoms with Crippen LogP contribution in [0.25, 0.3) is 0 Å². The SMILES string of the molecule is OCC1CCCOC1c1csc(Br)c1. The van der Waals surface area contributed by atoms with Gasteiger partial charge < -0.3 is 9.84 Å². The molecule has 0 radical (unpaired) electrons. The molecule has 0 bridgehead atoms. The van der Waals surface area contributed by atoms with E-state index in [2.05, 4.69) is 27.4 Å². The molecule has 2 nitrogen and oxygen atoms in total. The largest absolute Gasteiger partial charge is 0.396 e. The second kappa shape index (κ2) is 4.75. The molecule has 2 atom stereocenters. The van der Waals surface area contributed by atoms with Gasteiger partial charge in [0, 0.05) is 19.1 Å². The van der Waals surface area contributed by atoms with Crippen LogP contribution in [0.1, 0.15) is 24.5 Å². The van der Waals surface area contributed by atoms with E-state index in [1.54, 1.807) is 11.3 Å². The first kappa shape index (κ1) is 10.6. The van der Waals surface area contributed by atoms with Gasteiger partial charge in [-0.2, -0.15) is 0 Å². The summed E-state index contributed by atoms with van der Waals surface area (Å²) in [6, 6.07) is 2.09. The van der Waals surface area contributed by atoms with E-state index in [0.717, 1.165) is 23.2 Å². The minimum Gasteiger partial charge on any atom is -0.396 e. The summed E-state index contributed by atoms with van der Waals surface area (Å²) in [6.07, 6.45) is 2.22. The lowest BCUT2D eigenvalue weighted by molar-refractivity contribution is -0.0455. The average Bonchev–Trinajstić information content (AvgIpc) is 2.65. The van der Waals surface area contributed by atoms with Gasteiger partial charge in [-0.15, -0.1) is 11.3 Å². The smallest absolute Gasteiger partial charge is 0.0883 e. The summed E-state index contributed by atoms with van der Waals surface area (Å²) in [4.78, 5) is 0. The lowest BCUT2D eigenvalue weighted by Gasteiger charge is -2.29. The van der Waals surface area contributed by atoms with Crippen molar-refractivity contribution < 1.29 is 9.84 Å². The van der Waals surface area contributed by atoms with Gasteiger partial charge in [0.05, 0.1) is 9.89 Å². The maximum Gasteiger partial charge on any atom is 0.0883 e. The molecule has 0 saturated carbocycles. The number of hydrogen-bond donors (Lipinski definition) is 1. The van der Waals surface area contributed by atoms with E-state index in [0.29, 0.717) is 0 Å². The van der Waals surface area contributed by atoms with E-state index in [-0.39, 0.29) is 18.6 Å². The monoisotopic (exact) mass is 276 g/mol. The second-order valence-corrected chi connectivity index (χ2v) is 5.85. The molecular formula is C10H13BrO2S. The molecule has 1 aliphatic heterocycles. The average molecular weight is 277 g/mol. The zero-order chi connectivity index (χ0) is 9.97. The molecule has 2 heterocycles. The number of ether oxygens (including phenoxy) is 1. The molecule has 1 fully saturated rings. The Labute approximate surface area is 96.0 Å². The molecule has 0 amide bonds. The fourth-order valence-corrected chi connectivity index (χ4v) is 3.07. The maximum atomic E-state index is 9.24. The molecule has 0 aliphatic carbocycles. The minimum absolute atomic E-state index is 0.0938. The third-order valence-electron chi connectivity index (χ3n) is 2.60. The van der Waals surface area contributed by atoms with Crippen LogP contribution in [0.2, 0.25) is 0 Å². The Hall–Kier alpha value is 0.100. The first-order valence-electron chi connectivity index (χ1n) is 4.77. The third-order valence-corrected chi connectivity index (χ3v) is 4.12. The number of aliphatic hydroxyl groups is 1. The lowest BCUT2D eigenvalue weighted by atomic mass is 9.92. The van der Waals surface area contributed by atoms with Crippen LogP contribution in [0.5, 0.6) is 0 Å². The Morgan fingerprint density at radius 1 is 1.64 bits per heavy atom. The molecule has 1 N–H and O–H groups in total. The van der Waals surface area contributed by atoms with E-state index in [9.17, 15) is 5.11 Å². The Balaban J connectivity index is 2.14. The Kier molecular flexibility index (Phi) is 3.60. The lowest BCUT2D eigenvalue weighted by Crippen LogP contribution is -2.24. The van der Waals surface area contributed by atoms with Crippen molar-refractivity contribution in [1.82, 2.24) is 0 Å². The van der Waals surface area contributed by atoms with E-state index >= 15 is 0 Å². The Morgan fingerprint density at radius 2 is 2.50 bits per heavy atom. The van der Waals surface area contributed by atoms with Gasteiger partial charge in [-0.1, -0.05) is 0 Å². The highest BCUT2D eigenvalue weighted by molar-refractivity contribution is 9.11. The topological polar surface area (TPSA) is 29.5 Å². The first-order chi connectivity index (χ1) is 6.81. The highest BCUT2D eigenvalue weighted by Crippen LogP contribution is 2.36. The van der Waals surface area contributed by atoms with Gasteiger partial charge in [0.15, 0.2) is 0 Å². The van der Waals surface area contributed by atoms with Crippen LogP contribution in [0.15, 0.2) is 15.2 Å². The van der Waals surface area contributed by atoms with Crippen LogP contribution in [0, 0.1) is 5.92 Å². The van der Waals surface area contributed by atoms with Crippen LogP contribution >= 0.6 is 27.3 Å². The number of rotatable bonds is 2. The highest BCUT2D eigenvalue weighted by atomic mass is 79.9. The van der Waals surface area contributed by atoms with Gasteiger partial charge in [0.25, 0.3) is 0 Å². The Bertz CT molecular complexity index is 300. The van der Waals surface area contributed by atoms with Crippen LogP contribution < -0.4 is 0 Å². The van der Waals surface area contributed by atoms with E-state index in [4.69, 9.17) is 4.74 Å². The predicted molar refractivity (Wildman–Crippen MR) is 60.5 cm³/mol. The van der Waals surface area contributed by atoms with E-state index in [1.807, 2.05) is 0 Å². The van der Waals surface area contributed by atoms with Crippen LogP contribution in [-0.2, 0) is 4.74 Å². The van der Waals surface area contributed by atoms with Crippen molar-refractivity contribution in [2.24, 2.45) is 5.92 Å².